The number of rotatable bonds is 11. The van der Waals surface area contributed by atoms with Crippen LogP contribution in [0.1, 0.15) is 57.3 Å². The lowest BCUT2D eigenvalue weighted by atomic mass is 9.94. The number of furan rings is 1. The number of imidazole rings is 1. The van der Waals surface area contributed by atoms with Gasteiger partial charge >= 0.3 is 12.4 Å². The minimum atomic E-state index is -5.09. The molecular weight excluding hydrogens is 759 g/mol. The summed E-state index contributed by atoms with van der Waals surface area (Å²) >= 11 is 12.5. The van der Waals surface area contributed by atoms with E-state index in [1.54, 1.807) is 24.3 Å². The molecular formula is C38H37Cl2F6N5O3. The van der Waals surface area contributed by atoms with Crippen LogP contribution in [0.4, 0.5) is 32.3 Å². The Hall–Kier alpha value is -4.24. The molecule has 3 heterocycles. The number of likely N-dealkylation sites (N-methyl/N-ethyl adjacent to an activating group) is 1. The first-order valence-electron chi connectivity index (χ1n) is 17.2. The molecule has 1 aliphatic heterocycles. The molecule has 1 fully saturated rings. The summed E-state index contributed by atoms with van der Waals surface area (Å²) in [6.07, 6.45) is -8.87. The molecule has 1 atom stereocenters. The third-order valence-electron chi connectivity index (χ3n) is 9.58. The van der Waals surface area contributed by atoms with Crippen molar-refractivity contribution in [1.82, 2.24) is 19.4 Å². The zero-order valence-corrected chi connectivity index (χ0v) is 30.6. The molecule has 0 saturated carbocycles. The van der Waals surface area contributed by atoms with Gasteiger partial charge in [0.25, 0.3) is 5.91 Å². The predicted molar refractivity (Wildman–Crippen MR) is 194 cm³/mol. The van der Waals surface area contributed by atoms with Gasteiger partial charge < -0.3 is 28.8 Å². The van der Waals surface area contributed by atoms with Gasteiger partial charge in [-0.05, 0) is 86.1 Å². The molecule has 288 valence electrons. The maximum absolute atomic E-state index is 13.6. The molecule has 1 unspecified atom stereocenters. The Morgan fingerprint density at radius 3 is 2.26 bits per heavy atom. The number of hydrogen-bond acceptors (Lipinski definition) is 6. The number of aliphatic hydroxyl groups is 1. The van der Waals surface area contributed by atoms with Gasteiger partial charge in [0.1, 0.15) is 18.1 Å². The number of aromatic nitrogens is 2. The molecule has 0 aliphatic carbocycles. The third kappa shape index (κ3) is 9.16. The first-order valence-corrected chi connectivity index (χ1v) is 18.0. The fourth-order valence-corrected chi connectivity index (χ4v) is 7.09. The summed E-state index contributed by atoms with van der Waals surface area (Å²) < 4.78 is 89.3. The van der Waals surface area contributed by atoms with Crippen molar-refractivity contribution in [3.63, 3.8) is 0 Å². The zero-order valence-electron chi connectivity index (χ0n) is 29.1. The Labute approximate surface area is 317 Å². The van der Waals surface area contributed by atoms with Gasteiger partial charge in [0.15, 0.2) is 0 Å². The van der Waals surface area contributed by atoms with E-state index in [0.717, 1.165) is 47.0 Å². The van der Waals surface area contributed by atoms with Crippen molar-refractivity contribution < 1.29 is 40.7 Å². The molecule has 0 bridgehead atoms. The Morgan fingerprint density at radius 1 is 0.889 bits per heavy atom. The minimum Gasteiger partial charge on any atom is -0.462 e. The molecule has 6 rings (SSSR count). The van der Waals surface area contributed by atoms with Crippen LogP contribution in [0.3, 0.4) is 0 Å². The number of benzene rings is 3. The number of carbonyl (C=O) groups is 1. The van der Waals surface area contributed by atoms with Crippen molar-refractivity contribution in [3.8, 4) is 0 Å². The highest BCUT2D eigenvalue weighted by Gasteiger charge is 2.38. The van der Waals surface area contributed by atoms with E-state index >= 15 is 0 Å². The molecule has 1 aliphatic rings. The van der Waals surface area contributed by atoms with E-state index in [1.807, 2.05) is 30.3 Å². The van der Waals surface area contributed by atoms with Crippen molar-refractivity contribution in [2.24, 2.45) is 0 Å². The number of fused-ring (bicyclic) bond motifs is 1. The molecule has 8 nitrogen and oxygen atoms in total. The summed E-state index contributed by atoms with van der Waals surface area (Å²) in [5, 5.41) is 10.1. The van der Waals surface area contributed by atoms with Gasteiger partial charge in [0, 0.05) is 44.7 Å². The molecule has 0 spiro atoms. The van der Waals surface area contributed by atoms with Crippen molar-refractivity contribution >= 4 is 46.1 Å². The number of aliphatic hydroxyl groups excluding tert-OH is 1. The molecule has 2 aromatic heterocycles. The van der Waals surface area contributed by atoms with Gasteiger partial charge in [0.05, 0.1) is 38.8 Å². The van der Waals surface area contributed by atoms with Crippen LogP contribution in [0.15, 0.2) is 77.2 Å². The van der Waals surface area contributed by atoms with Gasteiger partial charge in [-0.25, -0.2) is 4.98 Å². The fourth-order valence-electron chi connectivity index (χ4n) is 6.78. The number of para-hydroxylation sites is 2. The van der Waals surface area contributed by atoms with E-state index < -0.39 is 35.0 Å². The van der Waals surface area contributed by atoms with E-state index in [1.165, 1.54) is 7.05 Å². The van der Waals surface area contributed by atoms with Crippen molar-refractivity contribution in [2.45, 2.75) is 44.3 Å². The maximum Gasteiger partial charge on any atom is 0.416 e. The van der Waals surface area contributed by atoms with Gasteiger partial charge in [0.2, 0.25) is 5.95 Å². The van der Waals surface area contributed by atoms with Crippen LogP contribution >= 0.6 is 23.2 Å². The number of hydrogen-bond donors (Lipinski definition) is 1. The van der Waals surface area contributed by atoms with Gasteiger partial charge in [-0.15, -0.1) is 0 Å². The van der Waals surface area contributed by atoms with Crippen LogP contribution < -0.4 is 4.90 Å². The second kappa shape index (κ2) is 16.2. The normalized spacial score (nSPS) is 15.1. The average molecular weight is 797 g/mol. The fraction of sp³-hybridized carbons (Fsp3) is 0.368. The Bertz CT molecular complexity index is 2070. The summed E-state index contributed by atoms with van der Waals surface area (Å²) in [6, 6.07) is 17.3. The zero-order chi connectivity index (χ0) is 38.8. The van der Waals surface area contributed by atoms with Crippen molar-refractivity contribution in [1.29, 1.82) is 0 Å². The van der Waals surface area contributed by atoms with Crippen LogP contribution in [0.2, 0.25) is 10.0 Å². The van der Waals surface area contributed by atoms with Crippen molar-refractivity contribution in [2.75, 3.05) is 51.2 Å². The Balaban J connectivity index is 1.18. The van der Waals surface area contributed by atoms with Crippen LogP contribution in [-0.4, -0.2) is 76.7 Å². The summed E-state index contributed by atoms with van der Waals surface area (Å²) in [7, 11) is 1.35. The summed E-state index contributed by atoms with van der Waals surface area (Å²) in [6.45, 7) is 3.59. The Kier molecular flexibility index (Phi) is 11.9. The highest BCUT2D eigenvalue weighted by atomic mass is 35.5. The van der Waals surface area contributed by atoms with Crippen LogP contribution in [0.25, 0.3) is 11.0 Å². The van der Waals surface area contributed by atoms with E-state index in [0.29, 0.717) is 61.3 Å². The van der Waals surface area contributed by atoms with Crippen LogP contribution in [-0.2, 0) is 25.5 Å². The number of anilines is 1. The topological polar surface area (TPSA) is 78.0 Å². The lowest BCUT2D eigenvalue weighted by molar-refractivity contribution is -0.143. The first kappa shape index (κ1) is 39.5. The average Bonchev–Trinajstić information content (AvgIpc) is 3.67. The SMILES string of the molecule is CN(CC(CCN1CCCN(c2nc3ccccc3n2Cc2ccc(CO)o2)CC1)c1ccc(Cl)c(Cl)c1)C(=O)c1cc(C(F)(F)F)cc(C(F)(F)F)c1. The number of alkyl halides is 6. The lowest BCUT2D eigenvalue weighted by Gasteiger charge is -2.28. The molecule has 0 radical (unpaired) electrons. The molecule has 16 heteroatoms. The van der Waals surface area contributed by atoms with E-state index in [-0.39, 0.29) is 30.2 Å². The quantitative estimate of drug-likeness (QED) is 0.135. The highest BCUT2D eigenvalue weighted by Crippen LogP contribution is 2.37. The standard InChI is InChI=1S/C38H37Cl2F6N5O3/c1-48(35(53)26-17-27(37(41,42)43)20-28(18-26)38(44,45)46)21-25(24-7-10-31(39)32(40)19-24)11-14-49-12-4-13-50(16-15-49)36-47-33-5-2-3-6-34(33)51(36)22-29-8-9-30(23-52)54-29/h2-3,5-10,17-20,25,52H,4,11-16,21-23H2,1H3. The van der Waals surface area contributed by atoms with E-state index in [9.17, 15) is 36.2 Å². The second-order valence-corrected chi connectivity index (χ2v) is 14.1. The molecule has 1 N–H and O–H groups in total. The monoisotopic (exact) mass is 795 g/mol. The van der Waals surface area contributed by atoms with Crippen LogP contribution in [0, 0.1) is 0 Å². The first-order chi connectivity index (χ1) is 25.6. The third-order valence-corrected chi connectivity index (χ3v) is 10.3. The smallest absolute Gasteiger partial charge is 0.416 e. The summed E-state index contributed by atoms with van der Waals surface area (Å²) in [5.74, 6) is 0.583. The van der Waals surface area contributed by atoms with Gasteiger partial charge in [-0.1, -0.05) is 41.4 Å². The predicted octanol–water partition coefficient (Wildman–Crippen LogP) is 8.97. The second-order valence-electron chi connectivity index (χ2n) is 13.3. The van der Waals surface area contributed by atoms with E-state index in [4.69, 9.17) is 32.6 Å². The number of carbonyl (C=O) groups excluding carboxylic acids is 1. The molecule has 3 aromatic carbocycles. The van der Waals surface area contributed by atoms with Crippen LogP contribution in [0.5, 0.6) is 0 Å². The minimum absolute atomic E-state index is 0.0000384. The van der Waals surface area contributed by atoms with Crippen molar-refractivity contribution in [3.05, 3.63) is 117 Å². The van der Waals surface area contributed by atoms with Gasteiger partial charge in [-0.3, -0.25) is 4.79 Å². The summed E-state index contributed by atoms with van der Waals surface area (Å²) in [4.78, 5) is 24.0. The molecule has 5 aromatic rings. The largest absolute Gasteiger partial charge is 0.462 e. The number of halogens is 8. The molecule has 1 amide bonds. The van der Waals surface area contributed by atoms with Gasteiger partial charge in [-0.2, -0.15) is 26.3 Å². The highest BCUT2D eigenvalue weighted by molar-refractivity contribution is 6.42. The molecule has 1 saturated heterocycles. The number of nitrogens with zero attached hydrogens (tertiary/aromatic N) is 5. The number of amides is 1. The lowest BCUT2D eigenvalue weighted by Crippen LogP contribution is -2.35. The molecule has 54 heavy (non-hydrogen) atoms. The maximum atomic E-state index is 13.6. The summed E-state index contributed by atoms with van der Waals surface area (Å²) in [5.41, 5.74) is -1.33. The van der Waals surface area contributed by atoms with E-state index in [2.05, 4.69) is 14.4 Å². The Morgan fingerprint density at radius 2 is 1.59 bits per heavy atom.